The summed E-state index contributed by atoms with van der Waals surface area (Å²) in [6, 6.07) is 49.0. The van der Waals surface area contributed by atoms with Crippen molar-refractivity contribution in [2.45, 2.75) is 0 Å². The second kappa shape index (κ2) is 11.4. The molecule has 4 heterocycles. The molecule has 0 bridgehead atoms. The summed E-state index contributed by atoms with van der Waals surface area (Å²) >= 11 is 0. The largest absolute Gasteiger partial charge is 0.455 e. The third-order valence-electron chi connectivity index (χ3n) is 9.27. The molecule has 0 aliphatic rings. The van der Waals surface area contributed by atoms with Crippen LogP contribution in [0.2, 0.25) is 0 Å². The zero-order valence-electron chi connectivity index (χ0n) is 26.6. The Bertz CT molecular complexity index is 2860. The molecule has 50 heavy (non-hydrogen) atoms. The van der Waals surface area contributed by atoms with E-state index in [9.17, 15) is 0 Å². The third kappa shape index (κ3) is 4.58. The standard InChI is InChI=1S/C44H26N4O2/c1-2-10-28(11-3-1)42-46-43(29-21-19-27(20-22-29)30-12-9-25-45-26-30)48-44(47-42)36-24-23-32(39-35-14-5-7-18-38(35)50-41(36)39)34-16-8-15-33-31-13-4-6-17-37(31)49-40(33)34/h1-26H. The molecule has 10 aromatic rings. The summed E-state index contributed by atoms with van der Waals surface area (Å²) < 4.78 is 13.2. The number of pyridine rings is 1. The molecule has 234 valence electrons. The van der Waals surface area contributed by atoms with Gasteiger partial charge in [0.2, 0.25) is 0 Å². The number of para-hydroxylation sites is 3. The predicted octanol–water partition coefficient (Wildman–Crippen LogP) is 11.4. The van der Waals surface area contributed by atoms with Gasteiger partial charge in [-0.3, -0.25) is 4.98 Å². The summed E-state index contributed by atoms with van der Waals surface area (Å²) in [6.07, 6.45) is 3.64. The number of rotatable bonds is 5. The molecule has 0 saturated heterocycles. The molecule has 6 aromatic carbocycles. The first-order chi connectivity index (χ1) is 24.8. The van der Waals surface area contributed by atoms with Gasteiger partial charge in [0, 0.05) is 50.6 Å². The Kier molecular flexibility index (Phi) is 6.39. The second-order valence-electron chi connectivity index (χ2n) is 12.2. The number of benzene rings is 6. The number of aromatic nitrogens is 4. The van der Waals surface area contributed by atoms with Gasteiger partial charge in [-0.2, -0.15) is 0 Å². The Balaban J connectivity index is 1.20. The van der Waals surface area contributed by atoms with E-state index < -0.39 is 0 Å². The summed E-state index contributed by atoms with van der Waals surface area (Å²) in [7, 11) is 0. The van der Waals surface area contributed by atoms with Crippen LogP contribution in [0.1, 0.15) is 0 Å². The van der Waals surface area contributed by atoms with Crippen LogP contribution in [-0.2, 0) is 0 Å². The van der Waals surface area contributed by atoms with E-state index in [1.54, 1.807) is 6.20 Å². The molecule has 0 fully saturated rings. The van der Waals surface area contributed by atoms with Crippen molar-refractivity contribution >= 4 is 43.9 Å². The highest BCUT2D eigenvalue weighted by atomic mass is 16.3. The summed E-state index contributed by atoms with van der Waals surface area (Å²) in [4.78, 5) is 19.4. The van der Waals surface area contributed by atoms with Crippen molar-refractivity contribution in [2.24, 2.45) is 0 Å². The van der Waals surface area contributed by atoms with Crippen LogP contribution in [0.5, 0.6) is 0 Å². The lowest BCUT2D eigenvalue weighted by atomic mass is 9.95. The van der Waals surface area contributed by atoms with Crippen molar-refractivity contribution in [1.82, 2.24) is 19.9 Å². The minimum atomic E-state index is 0.530. The molecule has 0 aliphatic heterocycles. The molecule has 6 nitrogen and oxygen atoms in total. The van der Waals surface area contributed by atoms with Gasteiger partial charge in [0.15, 0.2) is 17.5 Å². The second-order valence-corrected chi connectivity index (χ2v) is 12.2. The predicted molar refractivity (Wildman–Crippen MR) is 199 cm³/mol. The summed E-state index contributed by atoms with van der Waals surface area (Å²) in [5, 5.41) is 4.16. The van der Waals surface area contributed by atoms with E-state index in [-0.39, 0.29) is 0 Å². The number of fused-ring (bicyclic) bond motifs is 6. The number of furan rings is 2. The Morgan fingerprint density at radius 2 is 0.960 bits per heavy atom. The van der Waals surface area contributed by atoms with Gasteiger partial charge in [0.25, 0.3) is 0 Å². The fraction of sp³-hybridized carbons (Fsp3) is 0. The molecule has 4 aromatic heterocycles. The maximum Gasteiger partial charge on any atom is 0.167 e. The molecule has 0 saturated carbocycles. The molecule has 10 rings (SSSR count). The van der Waals surface area contributed by atoms with Gasteiger partial charge >= 0.3 is 0 Å². The van der Waals surface area contributed by atoms with Crippen LogP contribution in [-0.4, -0.2) is 19.9 Å². The Labute approximate surface area is 286 Å². The zero-order chi connectivity index (χ0) is 33.0. The number of nitrogens with zero attached hydrogens (tertiary/aromatic N) is 4. The average Bonchev–Trinajstić information content (AvgIpc) is 3.78. The number of hydrogen-bond donors (Lipinski definition) is 0. The van der Waals surface area contributed by atoms with E-state index in [1.165, 1.54) is 0 Å². The summed E-state index contributed by atoms with van der Waals surface area (Å²) in [6.45, 7) is 0. The lowest BCUT2D eigenvalue weighted by Gasteiger charge is -2.11. The molecule has 0 radical (unpaired) electrons. The quantitative estimate of drug-likeness (QED) is 0.186. The SMILES string of the molecule is c1ccc(-c2nc(-c3ccc(-c4cccnc4)cc3)nc(-c3ccc(-c4cccc5c4oc4ccccc45)c4c3oc3ccccc34)n2)cc1. The maximum absolute atomic E-state index is 6.69. The lowest BCUT2D eigenvalue weighted by molar-refractivity contribution is 0.669. The highest BCUT2D eigenvalue weighted by molar-refractivity contribution is 6.19. The minimum Gasteiger partial charge on any atom is -0.455 e. The first-order valence-corrected chi connectivity index (χ1v) is 16.5. The molecule has 0 spiro atoms. The highest BCUT2D eigenvalue weighted by Crippen LogP contribution is 2.44. The van der Waals surface area contributed by atoms with Crippen LogP contribution >= 0.6 is 0 Å². The smallest absolute Gasteiger partial charge is 0.167 e. The van der Waals surface area contributed by atoms with E-state index in [4.69, 9.17) is 23.8 Å². The van der Waals surface area contributed by atoms with Crippen LogP contribution in [0, 0.1) is 0 Å². The topological polar surface area (TPSA) is 77.8 Å². The van der Waals surface area contributed by atoms with Crippen LogP contribution in [0.25, 0.3) is 100 Å². The van der Waals surface area contributed by atoms with Gasteiger partial charge in [0.05, 0.1) is 5.56 Å². The molecule has 6 heteroatoms. The molecule has 0 amide bonds. The highest BCUT2D eigenvalue weighted by Gasteiger charge is 2.22. The Morgan fingerprint density at radius 3 is 1.74 bits per heavy atom. The Hall–Kier alpha value is -6.92. The first-order valence-electron chi connectivity index (χ1n) is 16.5. The van der Waals surface area contributed by atoms with Crippen molar-refractivity contribution in [3.63, 3.8) is 0 Å². The fourth-order valence-electron chi connectivity index (χ4n) is 6.88. The zero-order valence-corrected chi connectivity index (χ0v) is 26.6. The van der Waals surface area contributed by atoms with Gasteiger partial charge < -0.3 is 8.83 Å². The third-order valence-corrected chi connectivity index (χ3v) is 9.27. The van der Waals surface area contributed by atoms with Crippen LogP contribution in [0.3, 0.4) is 0 Å². The lowest BCUT2D eigenvalue weighted by Crippen LogP contribution is -2.00. The van der Waals surface area contributed by atoms with Crippen LogP contribution in [0.15, 0.2) is 167 Å². The van der Waals surface area contributed by atoms with E-state index in [0.29, 0.717) is 23.1 Å². The first kappa shape index (κ1) is 28.1. The molecular weight excluding hydrogens is 617 g/mol. The van der Waals surface area contributed by atoms with E-state index in [0.717, 1.165) is 77.2 Å². The fourth-order valence-corrected chi connectivity index (χ4v) is 6.88. The van der Waals surface area contributed by atoms with Crippen molar-refractivity contribution < 1.29 is 8.83 Å². The van der Waals surface area contributed by atoms with Gasteiger partial charge in [-0.25, -0.2) is 15.0 Å². The molecule has 0 N–H and O–H groups in total. The average molecular weight is 643 g/mol. The monoisotopic (exact) mass is 642 g/mol. The van der Waals surface area contributed by atoms with Crippen LogP contribution in [0.4, 0.5) is 0 Å². The molecule has 0 unspecified atom stereocenters. The van der Waals surface area contributed by atoms with E-state index >= 15 is 0 Å². The Morgan fingerprint density at radius 1 is 0.360 bits per heavy atom. The van der Waals surface area contributed by atoms with Crippen molar-refractivity contribution in [3.05, 3.63) is 158 Å². The summed E-state index contributed by atoms with van der Waals surface area (Å²) in [5.74, 6) is 1.69. The molecule has 0 atom stereocenters. The van der Waals surface area contributed by atoms with E-state index in [1.807, 2.05) is 97.2 Å². The van der Waals surface area contributed by atoms with Crippen molar-refractivity contribution in [2.75, 3.05) is 0 Å². The van der Waals surface area contributed by atoms with E-state index in [2.05, 4.69) is 59.6 Å². The van der Waals surface area contributed by atoms with Crippen LogP contribution < -0.4 is 0 Å². The van der Waals surface area contributed by atoms with Gasteiger partial charge in [-0.05, 0) is 41.0 Å². The normalized spacial score (nSPS) is 11.6. The van der Waals surface area contributed by atoms with Crippen molar-refractivity contribution in [1.29, 1.82) is 0 Å². The maximum atomic E-state index is 6.69. The molecule has 0 aliphatic carbocycles. The van der Waals surface area contributed by atoms with Gasteiger partial charge in [-0.15, -0.1) is 0 Å². The van der Waals surface area contributed by atoms with Gasteiger partial charge in [-0.1, -0.05) is 121 Å². The van der Waals surface area contributed by atoms with Crippen molar-refractivity contribution in [3.8, 4) is 56.4 Å². The molecular formula is C44H26N4O2. The minimum absolute atomic E-state index is 0.530. The van der Waals surface area contributed by atoms with Gasteiger partial charge in [0.1, 0.15) is 22.3 Å². The number of hydrogen-bond acceptors (Lipinski definition) is 6. The summed E-state index contributed by atoms with van der Waals surface area (Å²) in [5.41, 5.74) is 9.89.